The molecule has 1 aliphatic carbocycles. The van der Waals surface area contributed by atoms with E-state index in [1.54, 1.807) is 5.57 Å². The third-order valence-corrected chi connectivity index (χ3v) is 3.90. The molecule has 1 N–H and O–H groups in total. The molecule has 0 saturated heterocycles. The maximum Gasteiger partial charge on any atom is 0.0305 e. The lowest BCUT2D eigenvalue weighted by atomic mass is 9.88. The van der Waals surface area contributed by atoms with Crippen LogP contribution in [0.2, 0.25) is 0 Å². The summed E-state index contributed by atoms with van der Waals surface area (Å²) in [5.41, 5.74) is 1.71. The minimum atomic E-state index is 0.646. The van der Waals surface area contributed by atoms with Gasteiger partial charge in [-0.2, -0.15) is 0 Å². The second-order valence-electron chi connectivity index (χ2n) is 5.58. The average molecular weight is 237 g/mol. The highest BCUT2D eigenvalue weighted by molar-refractivity contribution is 5.13. The fraction of sp³-hybridized carbons (Fsp3) is 0.875. The van der Waals surface area contributed by atoms with E-state index in [0.29, 0.717) is 6.04 Å². The summed E-state index contributed by atoms with van der Waals surface area (Å²) >= 11 is 0. The van der Waals surface area contributed by atoms with Crippen LogP contribution in [0, 0.1) is 5.92 Å². The highest BCUT2D eigenvalue weighted by Gasteiger charge is 2.20. The Morgan fingerprint density at radius 3 is 2.71 bits per heavy atom. The molecule has 0 aromatic rings. The standard InChI is InChI=1S/C16H31N/c1-4-10-14(3)16(17-13-5-2)15-11-8-6-7-9-12-15/h11,14,16-17H,4-10,12-13H2,1-3H3. The lowest BCUT2D eigenvalue weighted by Crippen LogP contribution is -2.37. The third kappa shape index (κ3) is 5.25. The number of rotatable bonds is 7. The Kier molecular flexibility index (Phi) is 7.59. The summed E-state index contributed by atoms with van der Waals surface area (Å²) in [7, 11) is 0. The molecule has 0 saturated carbocycles. The fourth-order valence-electron chi connectivity index (χ4n) is 2.94. The average Bonchev–Trinajstić information content (AvgIpc) is 2.59. The van der Waals surface area contributed by atoms with Crippen molar-refractivity contribution in [2.75, 3.05) is 6.54 Å². The van der Waals surface area contributed by atoms with Crippen LogP contribution in [-0.2, 0) is 0 Å². The molecule has 0 aromatic carbocycles. The molecule has 0 aromatic heterocycles. The lowest BCUT2D eigenvalue weighted by molar-refractivity contribution is 0.384. The van der Waals surface area contributed by atoms with Crippen LogP contribution < -0.4 is 5.32 Å². The van der Waals surface area contributed by atoms with Crippen LogP contribution in [0.15, 0.2) is 11.6 Å². The first-order valence-electron chi connectivity index (χ1n) is 7.71. The maximum atomic E-state index is 3.78. The van der Waals surface area contributed by atoms with Crippen LogP contribution in [0.3, 0.4) is 0 Å². The summed E-state index contributed by atoms with van der Waals surface area (Å²) < 4.78 is 0. The summed E-state index contributed by atoms with van der Waals surface area (Å²) in [4.78, 5) is 0. The second kappa shape index (κ2) is 8.74. The highest BCUT2D eigenvalue weighted by Crippen LogP contribution is 2.25. The van der Waals surface area contributed by atoms with E-state index in [2.05, 4.69) is 32.2 Å². The molecule has 0 spiro atoms. The Bertz CT molecular complexity index is 220. The van der Waals surface area contributed by atoms with Gasteiger partial charge in [-0.3, -0.25) is 0 Å². The SMILES string of the molecule is CCCNC(C1=CCCCCC1)C(C)CCC. The normalized spacial score (nSPS) is 20.5. The smallest absolute Gasteiger partial charge is 0.0305 e. The van der Waals surface area contributed by atoms with Gasteiger partial charge in [0, 0.05) is 6.04 Å². The van der Waals surface area contributed by atoms with E-state index < -0.39 is 0 Å². The van der Waals surface area contributed by atoms with Gasteiger partial charge in [0.05, 0.1) is 0 Å². The topological polar surface area (TPSA) is 12.0 Å². The number of nitrogens with one attached hydrogen (secondary N) is 1. The highest BCUT2D eigenvalue weighted by atomic mass is 14.9. The van der Waals surface area contributed by atoms with Crippen molar-refractivity contribution in [3.8, 4) is 0 Å². The van der Waals surface area contributed by atoms with E-state index in [-0.39, 0.29) is 0 Å². The summed E-state index contributed by atoms with van der Waals surface area (Å²) in [6, 6.07) is 0.646. The van der Waals surface area contributed by atoms with Gasteiger partial charge in [-0.1, -0.05) is 45.3 Å². The first kappa shape index (κ1) is 14.8. The van der Waals surface area contributed by atoms with Crippen LogP contribution in [0.1, 0.15) is 72.1 Å². The Morgan fingerprint density at radius 1 is 1.18 bits per heavy atom. The molecule has 1 heteroatoms. The molecular formula is C16H31N. The summed E-state index contributed by atoms with van der Waals surface area (Å²) in [6.07, 6.45) is 13.3. The largest absolute Gasteiger partial charge is 0.310 e. The monoisotopic (exact) mass is 237 g/mol. The minimum Gasteiger partial charge on any atom is -0.310 e. The van der Waals surface area contributed by atoms with Crippen molar-refractivity contribution >= 4 is 0 Å². The first-order valence-corrected chi connectivity index (χ1v) is 7.71. The zero-order valence-electron chi connectivity index (χ0n) is 12.1. The Hall–Kier alpha value is -0.300. The molecule has 1 rings (SSSR count). The van der Waals surface area contributed by atoms with Gasteiger partial charge in [-0.15, -0.1) is 0 Å². The van der Waals surface area contributed by atoms with Crippen LogP contribution >= 0.6 is 0 Å². The van der Waals surface area contributed by atoms with Crippen molar-refractivity contribution in [1.82, 2.24) is 5.32 Å². The molecular weight excluding hydrogens is 206 g/mol. The predicted molar refractivity (Wildman–Crippen MR) is 77.3 cm³/mol. The summed E-state index contributed by atoms with van der Waals surface area (Å²) in [6.45, 7) is 8.14. The Balaban J connectivity index is 2.62. The second-order valence-corrected chi connectivity index (χ2v) is 5.58. The molecule has 100 valence electrons. The van der Waals surface area contributed by atoms with Crippen molar-refractivity contribution in [2.24, 2.45) is 5.92 Å². The minimum absolute atomic E-state index is 0.646. The summed E-state index contributed by atoms with van der Waals surface area (Å²) in [5, 5.41) is 3.78. The molecule has 1 aliphatic rings. The molecule has 0 bridgehead atoms. The maximum absolute atomic E-state index is 3.78. The van der Waals surface area contributed by atoms with Gasteiger partial charge in [-0.25, -0.2) is 0 Å². The summed E-state index contributed by atoms with van der Waals surface area (Å²) in [5.74, 6) is 0.788. The van der Waals surface area contributed by atoms with Gasteiger partial charge in [0.25, 0.3) is 0 Å². The van der Waals surface area contributed by atoms with E-state index in [1.807, 2.05) is 0 Å². The third-order valence-electron chi connectivity index (χ3n) is 3.90. The van der Waals surface area contributed by atoms with E-state index in [4.69, 9.17) is 0 Å². The molecule has 17 heavy (non-hydrogen) atoms. The fourth-order valence-corrected chi connectivity index (χ4v) is 2.94. The number of hydrogen-bond donors (Lipinski definition) is 1. The van der Waals surface area contributed by atoms with Gasteiger partial charge >= 0.3 is 0 Å². The molecule has 0 heterocycles. The Morgan fingerprint density at radius 2 is 2.00 bits per heavy atom. The van der Waals surface area contributed by atoms with E-state index in [9.17, 15) is 0 Å². The predicted octanol–water partition coefficient (Wildman–Crippen LogP) is 4.68. The molecule has 0 fully saturated rings. The number of allylic oxidation sites excluding steroid dienone is 1. The Labute approximate surface area is 108 Å². The zero-order valence-corrected chi connectivity index (χ0v) is 12.1. The van der Waals surface area contributed by atoms with Crippen LogP contribution in [0.4, 0.5) is 0 Å². The van der Waals surface area contributed by atoms with Gasteiger partial charge in [0.1, 0.15) is 0 Å². The van der Waals surface area contributed by atoms with Crippen molar-refractivity contribution < 1.29 is 0 Å². The van der Waals surface area contributed by atoms with Crippen LogP contribution in [-0.4, -0.2) is 12.6 Å². The van der Waals surface area contributed by atoms with E-state index >= 15 is 0 Å². The van der Waals surface area contributed by atoms with Gasteiger partial charge in [-0.05, 0) is 51.0 Å². The molecule has 0 radical (unpaired) electrons. The van der Waals surface area contributed by atoms with Crippen LogP contribution in [0.5, 0.6) is 0 Å². The van der Waals surface area contributed by atoms with E-state index in [0.717, 1.165) is 12.5 Å². The van der Waals surface area contributed by atoms with E-state index in [1.165, 1.54) is 51.4 Å². The molecule has 0 aliphatic heterocycles. The van der Waals surface area contributed by atoms with Gasteiger partial charge < -0.3 is 5.32 Å². The van der Waals surface area contributed by atoms with Crippen molar-refractivity contribution in [3.05, 3.63) is 11.6 Å². The van der Waals surface area contributed by atoms with Crippen molar-refractivity contribution in [3.63, 3.8) is 0 Å². The lowest BCUT2D eigenvalue weighted by Gasteiger charge is -2.27. The first-order chi connectivity index (χ1) is 8.29. The molecule has 0 amide bonds. The van der Waals surface area contributed by atoms with Crippen molar-refractivity contribution in [2.45, 2.75) is 78.2 Å². The quantitative estimate of drug-likeness (QED) is 0.634. The zero-order chi connectivity index (χ0) is 12.5. The number of hydrogen-bond acceptors (Lipinski definition) is 1. The molecule has 2 atom stereocenters. The van der Waals surface area contributed by atoms with Gasteiger partial charge in [0.15, 0.2) is 0 Å². The van der Waals surface area contributed by atoms with Crippen molar-refractivity contribution in [1.29, 1.82) is 0 Å². The van der Waals surface area contributed by atoms with Crippen LogP contribution in [0.25, 0.3) is 0 Å². The van der Waals surface area contributed by atoms with Gasteiger partial charge in [0.2, 0.25) is 0 Å². The molecule has 1 nitrogen and oxygen atoms in total. The molecule has 2 unspecified atom stereocenters.